The van der Waals surface area contributed by atoms with Gasteiger partial charge in [0.25, 0.3) is 0 Å². The highest BCUT2D eigenvalue weighted by Gasteiger charge is 2.31. The van der Waals surface area contributed by atoms with E-state index in [2.05, 4.69) is 4.98 Å². The van der Waals surface area contributed by atoms with E-state index < -0.39 is 11.7 Å². The number of pyridine rings is 1. The second-order valence-electron chi connectivity index (χ2n) is 9.47. The second kappa shape index (κ2) is 8.10. The molecule has 0 spiro atoms. The highest BCUT2D eigenvalue weighted by molar-refractivity contribution is 6.14. The molecule has 4 aromatic rings. The topological polar surface area (TPSA) is 62.6 Å². The van der Waals surface area contributed by atoms with Crippen LogP contribution in [0.3, 0.4) is 0 Å². The maximum Gasteiger partial charge on any atom is 0.419 e. The molecular weight excluding hydrogens is 416 g/mol. The molecule has 2 aromatic heterocycles. The molecule has 1 aliphatic rings. The van der Waals surface area contributed by atoms with Gasteiger partial charge in [0.05, 0.1) is 23.8 Å². The van der Waals surface area contributed by atoms with Crippen molar-refractivity contribution in [2.24, 2.45) is 0 Å². The van der Waals surface area contributed by atoms with Gasteiger partial charge in [0.15, 0.2) is 11.5 Å². The van der Waals surface area contributed by atoms with E-state index in [0.717, 1.165) is 45.9 Å². The molecule has 33 heavy (non-hydrogen) atoms. The number of ether oxygens (including phenoxy) is 3. The van der Waals surface area contributed by atoms with Crippen LogP contribution < -0.4 is 9.47 Å². The molecule has 0 aliphatic heterocycles. The molecule has 1 fully saturated rings. The predicted molar refractivity (Wildman–Crippen MR) is 128 cm³/mol. The Bertz CT molecular complexity index is 1330. The van der Waals surface area contributed by atoms with E-state index in [1.807, 2.05) is 69.3 Å². The molecule has 0 N–H and O–H groups in total. The van der Waals surface area contributed by atoms with Gasteiger partial charge >= 0.3 is 6.09 Å². The molecule has 0 bridgehead atoms. The van der Waals surface area contributed by atoms with E-state index in [-0.39, 0.29) is 0 Å². The normalized spacial score (nSPS) is 13.9. The van der Waals surface area contributed by atoms with Crippen molar-refractivity contribution in [2.45, 2.75) is 51.7 Å². The van der Waals surface area contributed by atoms with Crippen LogP contribution in [-0.4, -0.2) is 28.4 Å². The zero-order valence-corrected chi connectivity index (χ0v) is 19.4. The number of nitrogens with zero attached hydrogens (tertiary/aromatic N) is 2. The lowest BCUT2D eigenvalue weighted by Gasteiger charge is -2.20. The van der Waals surface area contributed by atoms with Gasteiger partial charge in [-0.3, -0.25) is 4.98 Å². The van der Waals surface area contributed by atoms with Gasteiger partial charge in [-0.25, -0.2) is 9.36 Å². The Morgan fingerprint density at radius 3 is 2.48 bits per heavy atom. The van der Waals surface area contributed by atoms with Gasteiger partial charge in [-0.1, -0.05) is 30.3 Å². The molecule has 0 amide bonds. The highest BCUT2D eigenvalue weighted by atomic mass is 16.6. The van der Waals surface area contributed by atoms with Crippen LogP contribution in [0.5, 0.6) is 11.5 Å². The average molecular weight is 445 g/mol. The summed E-state index contributed by atoms with van der Waals surface area (Å²) in [6.07, 6.45) is 3.58. The van der Waals surface area contributed by atoms with Gasteiger partial charge in [0, 0.05) is 29.0 Å². The number of carbonyl (C=O) groups excluding carboxylic acids is 1. The molecule has 6 heteroatoms. The monoisotopic (exact) mass is 444 g/mol. The lowest BCUT2D eigenvalue weighted by Crippen LogP contribution is -2.27. The lowest BCUT2D eigenvalue weighted by atomic mass is 10.1. The SMILES string of the molecule is COc1cc2c3c(C4CC4)nccc3n(C(=O)OC(C)(C)C)c2cc1OCc1ccccc1. The van der Waals surface area contributed by atoms with Crippen LogP contribution in [0.2, 0.25) is 0 Å². The first-order valence-electron chi connectivity index (χ1n) is 11.3. The molecule has 0 atom stereocenters. The standard InChI is InChI=1S/C27H28N2O4/c1-27(2,3)33-26(30)29-20-12-13-28-25(18-10-11-18)24(20)19-14-22(31-4)23(15-21(19)29)32-16-17-8-6-5-7-9-17/h5-9,12-15,18H,10-11,16H2,1-4H3. The quantitative estimate of drug-likeness (QED) is 0.355. The number of carbonyl (C=O) groups is 1. The maximum absolute atomic E-state index is 13.3. The third-order valence-corrected chi connectivity index (χ3v) is 5.77. The number of hydrogen-bond acceptors (Lipinski definition) is 5. The van der Waals surface area contributed by atoms with Gasteiger partial charge in [-0.2, -0.15) is 0 Å². The third kappa shape index (κ3) is 4.13. The van der Waals surface area contributed by atoms with Crippen molar-refractivity contribution < 1.29 is 19.0 Å². The predicted octanol–water partition coefficient (Wildman–Crippen LogP) is 6.44. The van der Waals surface area contributed by atoms with E-state index in [1.54, 1.807) is 17.9 Å². The average Bonchev–Trinajstić information content (AvgIpc) is 3.58. The van der Waals surface area contributed by atoms with E-state index in [1.165, 1.54) is 0 Å². The Kier molecular flexibility index (Phi) is 5.23. The summed E-state index contributed by atoms with van der Waals surface area (Å²) < 4.78 is 19.2. The van der Waals surface area contributed by atoms with Crippen molar-refractivity contribution in [3.05, 3.63) is 66.0 Å². The first kappa shape index (κ1) is 21.3. The Morgan fingerprint density at radius 2 is 1.82 bits per heavy atom. The van der Waals surface area contributed by atoms with Crippen molar-refractivity contribution >= 4 is 27.9 Å². The zero-order chi connectivity index (χ0) is 23.2. The molecule has 6 nitrogen and oxygen atoms in total. The van der Waals surface area contributed by atoms with Gasteiger partial charge in [-0.15, -0.1) is 0 Å². The molecule has 2 heterocycles. The van der Waals surface area contributed by atoms with Crippen LogP contribution >= 0.6 is 0 Å². The van der Waals surface area contributed by atoms with Crippen LogP contribution in [0.1, 0.15) is 50.8 Å². The number of fused-ring (bicyclic) bond motifs is 3. The summed E-state index contributed by atoms with van der Waals surface area (Å²) in [5.74, 6) is 1.61. The molecule has 170 valence electrons. The number of hydrogen-bond donors (Lipinski definition) is 0. The molecule has 0 unspecified atom stereocenters. The fourth-order valence-electron chi connectivity index (χ4n) is 4.17. The van der Waals surface area contributed by atoms with E-state index >= 15 is 0 Å². The third-order valence-electron chi connectivity index (χ3n) is 5.77. The van der Waals surface area contributed by atoms with Crippen LogP contribution in [0, 0.1) is 0 Å². The molecule has 2 aromatic carbocycles. The minimum Gasteiger partial charge on any atom is -0.493 e. The Morgan fingerprint density at radius 1 is 1.06 bits per heavy atom. The second-order valence-corrected chi connectivity index (χ2v) is 9.47. The van der Waals surface area contributed by atoms with Crippen molar-refractivity contribution in [2.75, 3.05) is 7.11 Å². The van der Waals surface area contributed by atoms with Gasteiger partial charge < -0.3 is 14.2 Å². The Balaban J connectivity index is 1.70. The number of methoxy groups -OCH3 is 1. The summed E-state index contributed by atoms with van der Waals surface area (Å²) in [5.41, 5.74) is 2.97. The fourth-order valence-corrected chi connectivity index (χ4v) is 4.17. The van der Waals surface area contributed by atoms with Gasteiger partial charge in [0.2, 0.25) is 0 Å². The smallest absolute Gasteiger partial charge is 0.419 e. The van der Waals surface area contributed by atoms with E-state index in [9.17, 15) is 4.79 Å². The van der Waals surface area contributed by atoms with Crippen molar-refractivity contribution in [3.8, 4) is 11.5 Å². The molecule has 1 saturated carbocycles. The zero-order valence-electron chi connectivity index (χ0n) is 19.4. The first-order valence-corrected chi connectivity index (χ1v) is 11.3. The molecular formula is C27H28N2O4. The summed E-state index contributed by atoms with van der Waals surface area (Å²) in [6.45, 7) is 6.00. The molecule has 5 rings (SSSR count). The largest absolute Gasteiger partial charge is 0.493 e. The minimum atomic E-state index is -0.620. The summed E-state index contributed by atoms with van der Waals surface area (Å²) in [7, 11) is 1.63. The number of aromatic nitrogens is 2. The summed E-state index contributed by atoms with van der Waals surface area (Å²) in [5, 5.41) is 1.89. The van der Waals surface area contributed by atoms with Crippen LogP contribution in [0.15, 0.2) is 54.7 Å². The van der Waals surface area contributed by atoms with Crippen molar-refractivity contribution in [1.29, 1.82) is 0 Å². The lowest BCUT2D eigenvalue weighted by molar-refractivity contribution is 0.0551. The number of rotatable bonds is 5. The van der Waals surface area contributed by atoms with Gasteiger partial charge in [-0.05, 0) is 51.3 Å². The highest BCUT2D eigenvalue weighted by Crippen LogP contribution is 2.46. The minimum absolute atomic E-state index is 0.393. The van der Waals surface area contributed by atoms with E-state index in [0.29, 0.717) is 24.0 Å². The van der Waals surface area contributed by atoms with Crippen LogP contribution in [-0.2, 0) is 11.3 Å². The van der Waals surface area contributed by atoms with Crippen molar-refractivity contribution in [3.63, 3.8) is 0 Å². The first-order chi connectivity index (χ1) is 15.9. The summed E-state index contributed by atoms with van der Waals surface area (Å²) in [6, 6.07) is 15.7. The summed E-state index contributed by atoms with van der Waals surface area (Å²) in [4.78, 5) is 18.0. The van der Waals surface area contributed by atoms with Crippen LogP contribution in [0.25, 0.3) is 21.8 Å². The Labute approximate surface area is 193 Å². The fraction of sp³-hybridized carbons (Fsp3) is 0.333. The number of benzene rings is 2. The van der Waals surface area contributed by atoms with Gasteiger partial charge in [0.1, 0.15) is 12.2 Å². The molecule has 0 radical (unpaired) electrons. The summed E-state index contributed by atoms with van der Waals surface area (Å²) >= 11 is 0. The molecule has 1 aliphatic carbocycles. The van der Waals surface area contributed by atoms with Crippen LogP contribution in [0.4, 0.5) is 4.79 Å². The van der Waals surface area contributed by atoms with Crippen molar-refractivity contribution in [1.82, 2.24) is 9.55 Å². The maximum atomic E-state index is 13.3. The Hall–Kier alpha value is -3.54. The van der Waals surface area contributed by atoms with E-state index in [4.69, 9.17) is 14.2 Å². The molecule has 0 saturated heterocycles.